The van der Waals surface area contributed by atoms with Crippen molar-refractivity contribution in [3.05, 3.63) is 60.4 Å². The number of imidazole rings is 1. The molecule has 0 N–H and O–H groups in total. The Hall–Kier alpha value is -3.17. The fourth-order valence-electron chi connectivity index (χ4n) is 4.15. The van der Waals surface area contributed by atoms with Crippen LogP contribution < -0.4 is 14.2 Å². The molecular weight excluding hydrogens is 452 g/mol. The largest absolute Gasteiger partial charge is 0.497 e. The fourth-order valence-corrected chi connectivity index (χ4v) is 5.03. The standard InChI is InChI=1S/C25H28N4O4S/c1-31-21-5-3-20(4-6-21)29-9-8-26-25(29)34-18-24(30)28-12-10-27(11-13-28)17-19-2-7-22-23(16-19)33-15-14-32-22/h2-9,16H,10-15,17-18H2,1H3. The van der Waals surface area contributed by atoms with Crippen molar-refractivity contribution < 1.29 is 19.0 Å². The van der Waals surface area contributed by atoms with Crippen molar-refractivity contribution in [3.8, 4) is 22.9 Å². The second-order valence-corrected chi connectivity index (χ2v) is 9.14. The van der Waals surface area contributed by atoms with E-state index in [0.29, 0.717) is 19.0 Å². The van der Waals surface area contributed by atoms with Crippen LogP contribution in [-0.2, 0) is 11.3 Å². The van der Waals surface area contributed by atoms with E-state index >= 15 is 0 Å². The van der Waals surface area contributed by atoms with Gasteiger partial charge in [-0.2, -0.15) is 0 Å². The lowest BCUT2D eigenvalue weighted by molar-refractivity contribution is -0.130. The number of hydrogen-bond acceptors (Lipinski definition) is 7. The third-order valence-electron chi connectivity index (χ3n) is 6.02. The molecule has 1 aromatic heterocycles. The van der Waals surface area contributed by atoms with Crippen molar-refractivity contribution in [2.45, 2.75) is 11.7 Å². The predicted molar refractivity (Wildman–Crippen MR) is 130 cm³/mol. The SMILES string of the molecule is COc1ccc(-n2ccnc2SCC(=O)N2CCN(Cc3ccc4c(c3)OCCO4)CC2)cc1. The zero-order valence-corrected chi connectivity index (χ0v) is 20.0. The number of amides is 1. The van der Waals surface area contributed by atoms with E-state index in [1.54, 1.807) is 13.3 Å². The van der Waals surface area contributed by atoms with Crippen LogP contribution in [0.1, 0.15) is 5.56 Å². The molecule has 2 aromatic carbocycles. The Balaban J connectivity index is 1.11. The molecule has 0 saturated carbocycles. The van der Waals surface area contributed by atoms with Gasteiger partial charge in [0.25, 0.3) is 0 Å². The Morgan fingerprint density at radius 3 is 2.56 bits per heavy atom. The van der Waals surface area contributed by atoms with Crippen LogP contribution in [0.5, 0.6) is 17.2 Å². The zero-order chi connectivity index (χ0) is 23.3. The monoisotopic (exact) mass is 480 g/mol. The number of carbonyl (C=O) groups is 1. The van der Waals surface area contributed by atoms with E-state index in [1.165, 1.54) is 17.3 Å². The lowest BCUT2D eigenvalue weighted by Crippen LogP contribution is -2.48. The third kappa shape index (κ3) is 5.15. The molecule has 3 heterocycles. The van der Waals surface area contributed by atoms with Gasteiger partial charge in [0.15, 0.2) is 16.7 Å². The average molecular weight is 481 g/mol. The van der Waals surface area contributed by atoms with E-state index in [9.17, 15) is 4.79 Å². The van der Waals surface area contributed by atoms with Crippen LogP contribution in [0.25, 0.3) is 5.69 Å². The maximum absolute atomic E-state index is 12.9. The summed E-state index contributed by atoms with van der Waals surface area (Å²) in [5, 5.41) is 0.802. The Bertz CT molecular complexity index is 1130. The Kier molecular flexibility index (Phi) is 6.92. The van der Waals surface area contributed by atoms with E-state index < -0.39 is 0 Å². The number of carbonyl (C=O) groups excluding carboxylic acids is 1. The number of fused-ring (bicyclic) bond motifs is 1. The van der Waals surface area contributed by atoms with Gasteiger partial charge in [-0.05, 0) is 42.0 Å². The first-order chi connectivity index (χ1) is 16.7. The number of hydrogen-bond donors (Lipinski definition) is 0. The van der Waals surface area contributed by atoms with Gasteiger partial charge in [0, 0.05) is 50.8 Å². The number of benzene rings is 2. The highest BCUT2D eigenvalue weighted by atomic mass is 32.2. The number of methoxy groups -OCH3 is 1. The normalized spacial score (nSPS) is 15.9. The number of ether oxygens (including phenoxy) is 3. The molecule has 0 unspecified atom stereocenters. The van der Waals surface area contributed by atoms with Gasteiger partial charge in [0.05, 0.1) is 12.9 Å². The summed E-state index contributed by atoms with van der Waals surface area (Å²) in [6.45, 7) is 5.21. The Morgan fingerprint density at radius 2 is 1.79 bits per heavy atom. The quantitative estimate of drug-likeness (QED) is 0.482. The molecule has 0 atom stereocenters. The van der Waals surface area contributed by atoms with Crippen LogP contribution in [0, 0.1) is 0 Å². The molecule has 8 nitrogen and oxygen atoms in total. The van der Waals surface area contributed by atoms with Gasteiger partial charge < -0.3 is 19.1 Å². The maximum Gasteiger partial charge on any atom is 0.233 e. The topological polar surface area (TPSA) is 69.1 Å². The molecule has 178 valence electrons. The van der Waals surface area contributed by atoms with Gasteiger partial charge >= 0.3 is 0 Å². The molecule has 2 aliphatic heterocycles. The van der Waals surface area contributed by atoms with E-state index in [-0.39, 0.29) is 5.91 Å². The van der Waals surface area contributed by atoms with Crippen molar-refractivity contribution in [3.63, 3.8) is 0 Å². The van der Waals surface area contributed by atoms with Crippen LogP contribution in [0.4, 0.5) is 0 Å². The molecule has 1 amide bonds. The summed E-state index contributed by atoms with van der Waals surface area (Å²) in [6.07, 6.45) is 3.67. The van der Waals surface area contributed by atoms with Gasteiger partial charge in [-0.25, -0.2) is 4.98 Å². The fraction of sp³-hybridized carbons (Fsp3) is 0.360. The Morgan fingerprint density at radius 1 is 1.03 bits per heavy atom. The molecule has 34 heavy (non-hydrogen) atoms. The van der Waals surface area contributed by atoms with Crippen LogP contribution >= 0.6 is 11.8 Å². The lowest BCUT2D eigenvalue weighted by Gasteiger charge is -2.34. The summed E-state index contributed by atoms with van der Waals surface area (Å²) >= 11 is 1.47. The van der Waals surface area contributed by atoms with E-state index in [0.717, 1.165) is 60.8 Å². The van der Waals surface area contributed by atoms with Crippen molar-refractivity contribution in [1.82, 2.24) is 19.4 Å². The summed E-state index contributed by atoms with van der Waals surface area (Å²) in [6, 6.07) is 13.9. The van der Waals surface area contributed by atoms with Crippen molar-refractivity contribution in [2.75, 3.05) is 52.3 Å². The summed E-state index contributed by atoms with van der Waals surface area (Å²) in [7, 11) is 1.65. The van der Waals surface area contributed by atoms with Crippen LogP contribution in [0.2, 0.25) is 0 Å². The minimum atomic E-state index is 0.147. The van der Waals surface area contributed by atoms with E-state index in [4.69, 9.17) is 14.2 Å². The minimum absolute atomic E-state index is 0.147. The van der Waals surface area contributed by atoms with Crippen LogP contribution in [0.15, 0.2) is 60.0 Å². The number of thioether (sulfide) groups is 1. The second kappa shape index (κ2) is 10.4. The molecule has 0 aliphatic carbocycles. The first kappa shape index (κ1) is 22.6. The van der Waals surface area contributed by atoms with E-state index in [2.05, 4.69) is 22.0 Å². The number of nitrogens with zero attached hydrogens (tertiary/aromatic N) is 4. The van der Waals surface area contributed by atoms with E-state index in [1.807, 2.05) is 46.0 Å². The average Bonchev–Trinajstić information content (AvgIpc) is 3.36. The maximum atomic E-state index is 12.9. The molecule has 1 saturated heterocycles. The number of aromatic nitrogens is 2. The molecule has 0 spiro atoms. The van der Waals surface area contributed by atoms with Gasteiger partial charge in [0.1, 0.15) is 19.0 Å². The molecular formula is C25H28N4O4S. The van der Waals surface area contributed by atoms with Gasteiger partial charge in [-0.15, -0.1) is 0 Å². The highest BCUT2D eigenvalue weighted by Crippen LogP contribution is 2.31. The van der Waals surface area contributed by atoms with Crippen molar-refractivity contribution in [1.29, 1.82) is 0 Å². The van der Waals surface area contributed by atoms with Gasteiger partial charge in [-0.1, -0.05) is 17.8 Å². The van der Waals surface area contributed by atoms with Gasteiger partial charge in [0.2, 0.25) is 5.91 Å². The van der Waals surface area contributed by atoms with Crippen molar-refractivity contribution in [2.24, 2.45) is 0 Å². The number of rotatable bonds is 7. The molecule has 1 fully saturated rings. The summed E-state index contributed by atoms with van der Waals surface area (Å²) in [5.41, 5.74) is 2.19. The van der Waals surface area contributed by atoms with Crippen molar-refractivity contribution >= 4 is 17.7 Å². The summed E-state index contributed by atoms with van der Waals surface area (Å²) in [4.78, 5) is 21.6. The third-order valence-corrected chi connectivity index (χ3v) is 6.97. The summed E-state index contributed by atoms with van der Waals surface area (Å²) in [5.74, 6) is 2.96. The molecule has 2 aliphatic rings. The molecule has 0 bridgehead atoms. The molecule has 9 heteroatoms. The Labute approximate surface area is 203 Å². The smallest absolute Gasteiger partial charge is 0.233 e. The first-order valence-electron chi connectivity index (χ1n) is 11.4. The van der Waals surface area contributed by atoms with Crippen LogP contribution in [-0.4, -0.2) is 77.5 Å². The molecule has 0 radical (unpaired) electrons. The number of piperazine rings is 1. The lowest BCUT2D eigenvalue weighted by atomic mass is 10.1. The minimum Gasteiger partial charge on any atom is -0.497 e. The summed E-state index contributed by atoms with van der Waals surface area (Å²) < 4.78 is 18.5. The molecule has 5 rings (SSSR count). The predicted octanol–water partition coefficient (Wildman–Crippen LogP) is 3.09. The first-order valence-corrected chi connectivity index (χ1v) is 12.4. The highest BCUT2D eigenvalue weighted by molar-refractivity contribution is 7.99. The van der Waals surface area contributed by atoms with Crippen LogP contribution in [0.3, 0.4) is 0 Å². The second-order valence-electron chi connectivity index (χ2n) is 8.20. The van der Waals surface area contributed by atoms with Gasteiger partial charge in [-0.3, -0.25) is 14.3 Å². The zero-order valence-electron chi connectivity index (χ0n) is 19.2. The molecule has 3 aromatic rings. The highest BCUT2D eigenvalue weighted by Gasteiger charge is 2.22.